The van der Waals surface area contributed by atoms with Gasteiger partial charge in [0.2, 0.25) is 5.91 Å². The molecule has 17 heavy (non-hydrogen) atoms. The molecule has 1 heterocycles. The van der Waals surface area contributed by atoms with Gasteiger partial charge in [-0.25, -0.2) is 0 Å². The fourth-order valence-corrected chi connectivity index (χ4v) is 3.15. The van der Waals surface area contributed by atoms with Crippen LogP contribution in [0.5, 0.6) is 0 Å². The van der Waals surface area contributed by atoms with Crippen LogP contribution in [0.1, 0.15) is 58.3 Å². The molecule has 2 fully saturated rings. The van der Waals surface area contributed by atoms with E-state index in [1.807, 2.05) is 0 Å². The van der Waals surface area contributed by atoms with Crippen molar-refractivity contribution in [2.45, 2.75) is 64.4 Å². The summed E-state index contributed by atoms with van der Waals surface area (Å²) in [5.41, 5.74) is 0.395. The van der Waals surface area contributed by atoms with Gasteiger partial charge in [0.15, 0.2) is 0 Å². The molecule has 1 amide bonds. The maximum Gasteiger partial charge on any atom is 0.222 e. The van der Waals surface area contributed by atoms with E-state index < -0.39 is 0 Å². The van der Waals surface area contributed by atoms with Gasteiger partial charge in [-0.2, -0.15) is 0 Å². The maximum absolute atomic E-state index is 11.8. The van der Waals surface area contributed by atoms with Crippen LogP contribution in [-0.2, 0) is 9.53 Å². The number of rotatable bonds is 5. The molecule has 1 aliphatic carbocycles. The Hall–Kier alpha value is -0.570. The van der Waals surface area contributed by atoms with E-state index in [4.69, 9.17) is 4.74 Å². The highest BCUT2D eigenvalue weighted by Crippen LogP contribution is 2.40. The summed E-state index contributed by atoms with van der Waals surface area (Å²) in [7, 11) is 0. The highest BCUT2D eigenvalue weighted by molar-refractivity contribution is 5.76. The van der Waals surface area contributed by atoms with E-state index >= 15 is 0 Å². The van der Waals surface area contributed by atoms with Crippen LogP contribution in [0.3, 0.4) is 0 Å². The van der Waals surface area contributed by atoms with Crippen molar-refractivity contribution in [3.05, 3.63) is 0 Å². The summed E-state index contributed by atoms with van der Waals surface area (Å²) >= 11 is 0. The minimum absolute atomic E-state index is 0.177. The lowest BCUT2D eigenvalue weighted by atomic mass is 9.83. The molecule has 1 N–H and O–H groups in total. The second-order valence-corrected chi connectivity index (χ2v) is 5.68. The number of nitrogens with one attached hydrogen (secondary N) is 1. The third kappa shape index (κ3) is 3.44. The minimum Gasteiger partial charge on any atom is -0.378 e. The van der Waals surface area contributed by atoms with E-state index in [2.05, 4.69) is 12.2 Å². The van der Waals surface area contributed by atoms with Crippen molar-refractivity contribution in [3.63, 3.8) is 0 Å². The largest absolute Gasteiger partial charge is 0.378 e. The average molecular weight is 239 g/mol. The van der Waals surface area contributed by atoms with E-state index in [1.54, 1.807) is 0 Å². The first-order chi connectivity index (χ1) is 8.24. The van der Waals surface area contributed by atoms with Gasteiger partial charge >= 0.3 is 0 Å². The predicted molar refractivity (Wildman–Crippen MR) is 67.8 cm³/mol. The van der Waals surface area contributed by atoms with Crippen molar-refractivity contribution in [2.24, 2.45) is 5.41 Å². The zero-order valence-corrected chi connectivity index (χ0v) is 11.0. The van der Waals surface area contributed by atoms with Crippen LogP contribution in [-0.4, -0.2) is 25.2 Å². The van der Waals surface area contributed by atoms with Crippen LogP contribution in [0.4, 0.5) is 0 Å². The third-order valence-corrected chi connectivity index (χ3v) is 4.51. The summed E-state index contributed by atoms with van der Waals surface area (Å²) in [5, 5.41) is 3.12. The summed E-state index contributed by atoms with van der Waals surface area (Å²) in [6, 6.07) is 0. The van der Waals surface area contributed by atoms with Crippen LogP contribution in [0.2, 0.25) is 0 Å². The first kappa shape index (κ1) is 12.9. The molecule has 1 saturated heterocycles. The standard InChI is InChI=1S/C14H25NO2/c1-2-14(7-3-4-8-14)11-15-13(16)10-12-6-5-9-17-12/h12H,2-11H2,1H3,(H,15,16)/t12-/m0/s1. The van der Waals surface area contributed by atoms with Gasteiger partial charge in [-0.05, 0) is 37.5 Å². The lowest BCUT2D eigenvalue weighted by molar-refractivity contribution is -0.123. The van der Waals surface area contributed by atoms with Gasteiger partial charge in [0, 0.05) is 13.2 Å². The summed E-state index contributed by atoms with van der Waals surface area (Å²) < 4.78 is 5.49. The summed E-state index contributed by atoms with van der Waals surface area (Å²) in [4.78, 5) is 11.8. The molecule has 0 aromatic carbocycles. The van der Waals surface area contributed by atoms with Gasteiger partial charge in [-0.15, -0.1) is 0 Å². The first-order valence-corrected chi connectivity index (χ1v) is 7.12. The maximum atomic E-state index is 11.8. The molecule has 0 aromatic heterocycles. The Labute approximate surface area is 104 Å². The SMILES string of the molecule is CCC1(CNC(=O)C[C@@H]2CCCO2)CCCC1. The third-order valence-electron chi connectivity index (χ3n) is 4.51. The molecule has 0 aromatic rings. The molecule has 0 radical (unpaired) electrons. The van der Waals surface area contributed by atoms with E-state index in [-0.39, 0.29) is 12.0 Å². The van der Waals surface area contributed by atoms with Crippen molar-refractivity contribution < 1.29 is 9.53 Å². The Balaban J connectivity index is 1.71. The molecule has 3 heteroatoms. The summed E-state index contributed by atoms with van der Waals surface area (Å²) in [6.45, 7) is 3.95. The number of ether oxygens (including phenoxy) is 1. The smallest absolute Gasteiger partial charge is 0.222 e. The Morgan fingerprint density at radius 2 is 2.12 bits per heavy atom. The van der Waals surface area contributed by atoms with Crippen LogP contribution >= 0.6 is 0 Å². The Bertz CT molecular complexity index is 253. The van der Waals surface area contributed by atoms with Gasteiger partial charge in [-0.3, -0.25) is 4.79 Å². The van der Waals surface area contributed by atoms with E-state index in [0.29, 0.717) is 11.8 Å². The highest BCUT2D eigenvalue weighted by Gasteiger charge is 2.32. The highest BCUT2D eigenvalue weighted by atomic mass is 16.5. The van der Waals surface area contributed by atoms with Crippen molar-refractivity contribution >= 4 is 5.91 Å². The molecular weight excluding hydrogens is 214 g/mol. The van der Waals surface area contributed by atoms with Gasteiger partial charge in [-0.1, -0.05) is 19.8 Å². The van der Waals surface area contributed by atoms with Crippen molar-refractivity contribution in [1.29, 1.82) is 0 Å². The van der Waals surface area contributed by atoms with Crippen molar-refractivity contribution in [3.8, 4) is 0 Å². The van der Waals surface area contributed by atoms with E-state index in [9.17, 15) is 4.79 Å². The summed E-state index contributed by atoms with van der Waals surface area (Å²) in [5.74, 6) is 0.177. The lowest BCUT2D eigenvalue weighted by Gasteiger charge is -2.27. The molecule has 3 nitrogen and oxygen atoms in total. The van der Waals surface area contributed by atoms with Crippen LogP contribution < -0.4 is 5.32 Å². The molecule has 2 aliphatic rings. The molecular formula is C14H25NO2. The lowest BCUT2D eigenvalue weighted by Crippen LogP contribution is -2.36. The number of amides is 1. The fraction of sp³-hybridized carbons (Fsp3) is 0.929. The molecule has 0 unspecified atom stereocenters. The Morgan fingerprint density at radius 3 is 2.71 bits per heavy atom. The second-order valence-electron chi connectivity index (χ2n) is 5.68. The van der Waals surface area contributed by atoms with Gasteiger partial charge in [0.05, 0.1) is 12.5 Å². The first-order valence-electron chi connectivity index (χ1n) is 7.12. The van der Waals surface area contributed by atoms with Crippen LogP contribution in [0, 0.1) is 5.41 Å². The molecule has 2 rings (SSSR count). The molecule has 98 valence electrons. The average Bonchev–Trinajstić information content (AvgIpc) is 2.98. The van der Waals surface area contributed by atoms with Gasteiger partial charge < -0.3 is 10.1 Å². The van der Waals surface area contributed by atoms with Crippen LogP contribution in [0.25, 0.3) is 0 Å². The number of carbonyl (C=O) groups is 1. The molecule has 0 spiro atoms. The number of hydrogen-bond donors (Lipinski definition) is 1. The quantitative estimate of drug-likeness (QED) is 0.801. The molecule has 1 aliphatic heterocycles. The summed E-state index contributed by atoms with van der Waals surface area (Å²) in [6.07, 6.45) is 9.30. The van der Waals surface area contributed by atoms with Crippen molar-refractivity contribution in [1.82, 2.24) is 5.32 Å². The van der Waals surface area contributed by atoms with E-state index in [1.165, 1.54) is 32.1 Å². The number of hydrogen-bond acceptors (Lipinski definition) is 2. The van der Waals surface area contributed by atoms with Crippen molar-refractivity contribution in [2.75, 3.05) is 13.2 Å². The van der Waals surface area contributed by atoms with Gasteiger partial charge in [0.25, 0.3) is 0 Å². The minimum atomic E-state index is 0.177. The fourth-order valence-electron chi connectivity index (χ4n) is 3.15. The molecule has 1 saturated carbocycles. The zero-order chi connectivity index (χ0) is 12.1. The number of carbonyl (C=O) groups excluding carboxylic acids is 1. The normalized spacial score (nSPS) is 27.2. The topological polar surface area (TPSA) is 38.3 Å². The zero-order valence-electron chi connectivity index (χ0n) is 11.0. The molecule has 1 atom stereocenters. The van der Waals surface area contributed by atoms with E-state index in [0.717, 1.165) is 26.0 Å². The molecule has 0 bridgehead atoms. The van der Waals surface area contributed by atoms with Crippen LogP contribution in [0.15, 0.2) is 0 Å². The monoisotopic (exact) mass is 239 g/mol. The second kappa shape index (κ2) is 5.85. The van der Waals surface area contributed by atoms with Gasteiger partial charge in [0.1, 0.15) is 0 Å². The predicted octanol–water partition coefficient (Wildman–Crippen LogP) is 2.64. The Kier molecular flexibility index (Phi) is 4.43. The Morgan fingerprint density at radius 1 is 1.35 bits per heavy atom.